The Morgan fingerprint density at radius 3 is 2.46 bits per heavy atom. The maximum absolute atomic E-state index is 12.8. The number of rotatable bonds is 3. The standard InChI is InChI=1S/C19H18ClN3O5/c20-14-2-1-3-15(23(25)26)18(14)21-6-8-22(9-7-21)19(24)13-4-5-16-17(12-13)28-11-10-27-16/h1-5,12H,6-11H2. The van der Waals surface area contributed by atoms with E-state index in [4.69, 9.17) is 21.1 Å². The number of nitro groups is 1. The van der Waals surface area contributed by atoms with Crippen molar-refractivity contribution in [1.82, 2.24) is 4.90 Å². The largest absolute Gasteiger partial charge is 0.486 e. The van der Waals surface area contributed by atoms with Crippen LogP contribution in [0.25, 0.3) is 0 Å². The molecule has 4 rings (SSSR count). The van der Waals surface area contributed by atoms with Crippen LogP contribution in [0.3, 0.4) is 0 Å². The van der Waals surface area contributed by atoms with Gasteiger partial charge in [-0.3, -0.25) is 14.9 Å². The van der Waals surface area contributed by atoms with Gasteiger partial charge in [-0.1, -0.05) is 17.7 Å². The Labute approximate surface area is 166 Å². The van der Waals surface area contributed by atoms with Crippen molar-refractivity contribution >= 4 is 28.9 Å². The van der Waals surface area contributed by atoms with Gasteiger partial charge in [0, 0.05) is 37.8 Å². The number of carbonyl (C=O) groups excluding carboxylic acids is 1. The van der Waals surface area contributed by atoms with Gasteiger partial charge in [0.05, 0.1) is 9.95 Å². The predicted octanol–water partition coefficient (Wildman–Crippen LogP) is 2.98. The number of anilines is 1. The first-order valence-electron chi connectivity index (χ1n) is 8.91. The molecule has 0 unspecified atom stereocenters. The van der Waals surface area contributed by atoms with Crippen molar-refractivity contribution in [3.05, 3.63) is 57.1 Å². The smallest absolute Gasteiger partial charge is 0.294 e. The molecule has 0 radical (unpaired) electrons. The molecular formula is C19H18ClN3O5. The molecule has 0 N–H and O–H groups in total. The first kappa shape index (κ1) is 18.4. The maximum atomic E-state index is 12.8. The van der Waals surface area contributed by atoms with Crippen molar-refractivity contribution in [1.29, 1.82) is 0 Å². The second-order valence-electron chi connectivity index (χ2n) is 6.50. The molecule has 1 fully saturated rings. The molecule has 146 valence electrons. The summed E-state index contributed by atoms with van der Waals surface area (Å²) in [5.41, 5.74) is 0.904. The molecule has 0 aliphatic carbocycles. The molecule has 2 aliphatic heterocycles. The van der Waals surface area contributed by atoms with Crippen LogP contribution in [0.4, 0.5) is 11.4 Å². The lowest BCUT2D eigenvalue weighted by Crippen LogP contribution is -2.49. The number of para-hydroxylation sites is 1. The number of piperazine rings is 1. The van der Waals surface area contributed by atoms with Gasteiger partial charge < -0.3 is 19.3 Å². The normalized spacial score (nSPS) is 16.0. The van der Waals surface area contributed by atoms with Crippen molar-refractivity contribution in [2.45, 2.75) is 0 Å². The fourth-order valence-corrected chi connectivity index (χ4v) is 3.75. The summed E-state index contributed by atoms with van der Waals surface area (Å²) in [4.78, 5) is 27.3. The second-order valence-corrected chi connectivity index (χ2v) is 6.91. The molecule has 0 atom stereocenters. The topological polar surface area (TPSA) is 85.2 Å². The highest BCUT2D eigenvalue weighted by molar-refractivity contribution is 6.33. The lowest BCUT2D eigenvalue weighted by molar-refractivity contribution is -0.384. The van der Waals surface area contributed by atoms with E-state index in [1.165, 1.54) is 6.07 Å². The number of carbonyl (C=O) groups is 1. The molecule has 2 aromatic carbocycles. The number of halogens is 1. The summed E-state index contributed by atoms with van der Waals surface area (Å²) < 4.78 is 11.0. The SMILES string of the molecule is O=C(c1ccc2c(c1)OCCO2)N1CCN(c2c(Cl)cccc2[N+](=O)[O-])CC1. The van der Waals surface area contributed by atoms with Crippen LogP contribution in [0.2, 0.25) is 5.02 Å². The van der Waals surface area contributed by atoms with Crippen LogP contribution in [-0.4, -0.2) is 55.1 Å². The van der Waals surface area contributed by atoms with Gasteiger partial charge in [0.25, 0.3) is 11.6 Å². The Balaban J connectivity index is 1.48. The molecule has 2 aliphatic rings. The molecule has 1 amide bonds. The number of nitro benzene ring substituents is 1. The minimum Gasteiger partial charge on any atom is -0.486 e. The number of benzene rings is 2. The molecule has 1 saturated heterocycles. The van der Waals surface area contributed by atoms with Gasteiger partial charge in [0.15, 0.2) is 11.5 Å². The lowest BCUT2D eigenvalue weighted by Gasteiger charge is -2.36. The van der Waals surface area contributed by atoms with Crippen molar-refractivity contribution in [2.24, 2.45) is 0 Å². The Morgan fingerprint density at radius 1 is 1.04 bits per heavy atom. The Hall–Kier alpha value is -3.00. The fraction of sp³-hybridized carbons (Fsp3) is 0.316. The third-order valence-corrected chi connectivity index (χ3v) is 5.14. The van der Waals surface area contributed by atoms with E-state index >= 15 is 0 Å². The quantitative estimate of drug-likeness (QED) is 0.578. The highest BCUT2D eigenvalue weighted by atomic mass is 35.5. The average molecular weight is 404 g/mol. The number of fused-ring (bicyclic) bond motifs is 1. The summed E-state index contributed by atoms with van der Waals surface area (Å²) in [6, 6.07) is 9.80. The Kier molecular flexibility index (Phi) is 4.95. The summed E-state index contributed by atoms with van der Waals surface area (Å²) in [5.74, 6) is 1.10. The van der Waals surface area contributed by atoms with E-state index in [-0.39, 0.29) is 11.6 Å². The zero-order valence-electron chi connectivity index (χ0n) is 15.0. The van der Waals surface area contributed by atoms with Gasteiger partial charge in [0.1, 0.15) is 18.9 Å². The molecule has 0 spiro atoms. The number of nitrogens with zero attached hydrogens (tertiary/aromatic N) is 3. The summed E-state index contributed by atoms with van der Waals surface area (Å²) >= 11 is 6.22. The lowest BCUT2D eigenvalue weighted by atomic mass is 10.1. The van der Waals surface area contributed by atoms with Crippen molar-refractivity contribution in [3.63, 3.8) is 0 Å². The highest BCUT2D eigenvalue weighted by Crippen LogP contribution is 2.36. The van der Waals surface area contributed by atoms with Crippen LogP contribution in [0, 0.1) is 10.1 Å². The van der Waals surface area contributed by atoms with Gasteiger partial charge in [-0.2, -0.15) is 0 Å². The molecular weight excluding hydrogens is 386 g/mol. The molecule has 2 heterocycles. The van der Waals surface area contributed by atoms with Crippen LogP contribution in [0.5, 0.6) is 11.5 Å². The van der Waals surface area contributed by atoms with Crippen molar-refractivity contribution < 1.29 is 19.2 Å². The monoisotopic (exact) mass is 403 g/mol. The maximum Gasteiger partial charge on any atom is 0.294 e. The summed E-state index contributed by atoms with van der Waals surface area (Å²) in [5, 5.41) is 11.7. The van der Waals surface area contributed by atoms with Crippen molar-refractivity contribution in [2.75, 3.05) is 44.3 Å². The van der Waals surface area contributed by atoms with E-state index in [1.54, 1.807) is 35.2 Å². The Bertz CT molecular complexity index is 928. The molecule has 28 heavy (non-hydrogen) atoms. The Morgan fingerprint density at radius 2 is 1.75 bits per heavy atom. The van der Waals surface area contributed by atoms with Crippen LogP contribution in [0.1, 0.15) is 10.4 Å². The first-order chi connectivity index (χ1) is 13.5. The summed E-state index contributed by atoms with van der Waals surface area (Å²) in [6.07, 6.45) is 0. The molecule has 0 aromatic heterocycles. The first-order valence-corrected chi connectivity index (χ1v) is 9.29. The summed E-state index contributed by atoms with van der Waals surface area (Å²) in [6.45, 7) is 2.75. The fourth-order valence-electron chi connectivity index (χ4n) is 3.46. The van der Waals surface area contributed by atoms with Crippen LogP contribution in [-0.2, 0) is 0 Å². The van der Waals surface area contributed by atoms with E-state index in [2.05, 4.69) is 0 Å². The van der Waals surface area contributed by atoms with E-state index < -0.39 is 4.92 Å². The molecule has 0 bridgehead atoms. The van der Waals surface area contributed by atoms with Gasteiger partial charge >= 0.3 is 0 Å². The minimum absolute atomic E-state index is 0.0286. The number of amides is 1. The van der Waals surface area contributed by atoms with Gasteiger partial charge in [-0.05, 0) is 24.3 Å². The molecule has 8 nitrogen and oxygen atoms in total. The highest BCUT2D eigenvalue weighted by Gasteiger charge is 2.28. The predicted molar refractivity (Wildman–Crippen MR) is 104 cm³/mol. The molecule has 9 heteroatoms. The van der Waals surface area contributed by atoms with Gasteiger partial charge in [0.2, 0.25) is 0 Å². The summed E-state index contributed by atoms with van der Waals surface area (Å²) in [7, 11) is 0. The van der Waals surface area contributed by atoms with Gasteiger partial charge in [-0.25, -0.2) is 0 Å². The average Bonchev–Trinajstić information content (AvgIpc) is 2.73. The van der Waals surface area contributed by atoms with Crippen molar-refractivity contribution in [3.8, 4) is 11.5 Å². The minimum atomic E-state index is -0.437. The number of ether oxygens (including phenoxy) is 2. The van der Waals surface area contributed by atoms with Crippen LogP contribution in [0.15, 0.2) is 36.4 Å². The van der Waals surface area contributed by atoms with E-state index in [0.717, 1.165) is 0 Å². The van der Waals surface area contributed by atoms with Crippen LogP contribution >= 0.6 is 11.6 Å². The number of hydrogen-bond acceptors (Lipinski definition) is 6. The van der Waals surface area contributed by atoms with Gasteiger partial charge in [-0.15, -0.1) is 0 Å². The van der Waals surface area contributed by atoms with E-state index in [0.29, 0.717) is 67.2 Å². The van der Waals surface area contributed by atoms with E-state index in [1.807, 2.05) is 4.90 Å². The number of hydrogen-bond donors (Lipinski definition) is 0. The zero-order chi connectivity index (χ0) is 19.7. The van der Waals surface area contributed by atoms with E-state index in [9.17, 15) is 14.9 Å². The third kappa shape index (κ3) is 3.43. The zero-order valence-corrected chi connectivity index (χ0v) is 15.7. The third-order valence-electron chi connectivity index (χ3n) is 4.83. The second kappa shape index (κ2) is 7.55. The molecule has 0 saturated carbocycles. The molecule has 2 aromatic rings. The van der Waals surface area contributed by atoms with Crippen LogP contribution < -0.4 is 14.4 Å².